The number of nitrogens with one attached hydrogen (secondary N) is 1. The molecule has 1 atom stereocenters. The van der Waals surface area contributed by atoms with E-state index in [9.17, 15) is 17.6 Å². The highest BCUT2D eigenvalue weighted by Gasteiger charge is 2.29. The van der Waals surface area contributed by atoms with E-state index in [1.807, 2.05) is 0 Å². The second kappa shape index (κ2) is 6.74. The van der Waals surface area contributed by atoms with Gasteiger partial charge in [-0.05, 0) is 43.3 Å². The largest absolute Gasteiger partial charge is 0.323 e. The molecule has 0 aliphatic rings. The van der Waals surface area contributed by atoms with Crippen LogP contribution in [0.25, 0.3) is 0 Å². The zero-order chi connectivity index (χ0) is 17.0. The normalized spacial score (nSPS) is 12.5. The average molecular weight is 337 g/mol. The van der Waals surface area contributed by atoms with Crippen LogP contribution >= 0.6 is 0 Å². The van der Waals surface area contributed by atoms with Crippen LogP contribution in [0.3, 0.4) is 0 Å². The molecule has 0 bridgehead atoms. The van der Waals surface area contributed by atoms with Crippen LogP contribution < -0.4 is 9.62 Å². The van der Waals surface area contributed by atoms with Crippen molar-refractivity contribution < 1.29 is 17.6 Å². The molecule has 23 heavy (non-hydrogen) atoms. The van der Waals surface area contributed by atoms with E-state index in [1.165, 1.54) is 25.3 Å². The number of halogens is 1. The summed E-state index contributed by atoms with van der Waals surface area (Å²) in [4.78, 5) is 16.2. The molecule has 1 N–H and O–H groups in total. The van der Waals surface area contributed by atoms with Crippen molar-refractivity contribution in [3.8, 4) is 0 Å². The van der Waals surface area contributed by atoms with E-state index in [4.69, 9.17) is 0 Å². The van der Waals surface area contributed by atoms with Gasteiger partial charge in [0.25, 0.3) is 0 Å². The van der Waals surface area contributed by atoms with Gasteiger partial charge in [-0.1, -0.05) is 0 Å². The van der Waals surface area contributed by atoms with Gasteiger partial charge < -0.3 is 5.32 Å². The molecule has 1 unspecified atom stereocenters. The summed E-state index contributed by atoms with van der Waals surface area (Å²) >= 11 is 0. The van der Waals surface area contributed by atoms with E-state index >= 15 is 0 Å². The van der Waals surface area contributed by atoms with E-state index in [2.05, 4.69) is 10.3 Å². The minimum absolute atomic E-state index is 0.211. The number of sulfonamides is 1. The number of carbonyl (C=O) groups excluding carboxylic acids is 1. The SMILES string of the molecule is CC(C(=O)Nc1cccnc1)N(c1ccc(F)cc1)S(C)(=O)=O. The first-order chi connectivity index (χ1) is 10.8. The Bertz CT molecular complexity index is 779. The Morgan fingerprint density at radius 1 is 1.26 bits per heavy atom. The van der Waals surface area contributed by atoms with E-state index in [-0.39, 0.29) is 5.69 Å². The predicted molar refractivity (Wildman–Crippen MR) is 86.1 cm³/mol. The molecule has 0 saturated carbocycles. The van der Waals surface area contributed by atoms with Gasteiger partial charge in [-0.15, -0.1) is 0 Å². The Hall–Kier alpha value is -2.48. The molecule has 0 radical (unpaired) electrons. The lowest BCUT2D eigenvalue weighted by atomic mass is 10.2. The van der Waals surface area contributed by atoms with Crippen LogP contribution in [-0.2, 0) is 14.8 Å². The summed E-state index contributed by atoms with van der Waals surface area (Å²) in [6.45, 7) is 1.45. The zero-order valence-corrected chi connectivity index (χ0v) is 13.4. The molecule has 0 aliphatic carbocycles. The molecule has 0 spiro atoms. The summed E-state index contributed by atoms with van der Waals surface area (Å²) < 4.78 is 38.1. The van der Waals surface area contributed by atoms with Crippen LogP contribution in [0.15, 0.2) is 48.8 Å². The fourth-order valence-corrected chi connectivity index (χ4v) is 3.26. The van der Waals surface area contributed by atoms with Crippen LogP contribution in [0.1, 0.15) is 6.92 Å². The van der Waals surface area contributed by atoms with Crippen molar-refractivity contribution in [2.24, 2.45) is 0 Å². The number of pyridine rings is 1. The maximum absolute atomic E-state index is 13.0. The summed E-state index contributed by atoms with van der Waals surface area (Å²) in [5, 5.41) is 2.59. The third kappa shape index (κ3) is 4.26. The van der Waals surface area contributed by atoms with E-state index < -0.39 is 27.8 Å². The third-order valence-corrected chi connectivity index (χ3v) is 4.34. The van der Waals surface area contributed by atoms with Crippen LogP contribution in [-0.4, -0.2) is 31.6 Å². The molecular weight excluding hydrogens is 321 g/mol. The van der Waals surface area contributed by atoms with Crippen LogP contribution in [0.4, 0.5) is 15.8 Å². The summed E-state index contributed by atoms with van der Waals surface area (Å²) in [6, 6.07) is 7.16. The number of rotatable bonds is 5. The van der Waals surface area contributed by atoms with E-state index in [0.29, 0.717) is 5.69 Å². The molecule has 0 saturated heterocycles. The smallest absolute Gasteiger partial charge is 0.248 e. The molecule has 8 heteroatoms. The van der Waals surface area contributed by atoms with Gasteiger partial charge in [-0.25, -0.2) is 12.8 Å². The van der Waals surface area contributed by atoms with Crippen molar-refractivity contribution >= 4 is 27.3 Å². The molecule has 1 aromatic carbocycles. The van der Waals surface area contributed by atoms with Crippen LogP contribution in [0, 0.1) is 5.82 Å². The topological polar surface area (TPSA) is 79.4 Å². The molecular formula is C15H16FN3O3S. The van der Waals surface area contributed by atoms with Crippen molar-refractivity contribution in [2.45, 2.75) is 13.0 Å². The maximum atomic E-state index is 13.0. The second-order valence-corrected chi connectivity index (χ2v) is 6.80. The van der Waals surface area contributed by atoms with Gasteiger partial charge in [0.05, 0.1) is 23.8 Å². The number of hydrogen-bond acceptors (Lipinski definition) is 4. The van der Waals surface area contributed by atoms with Gasteiger partial charge in [-0.2, -0.15) is 0 Å². The third-order valence-electron chi connectivity index (χ3n) is 3.10. The summed E-state index contributed by atoms with van der Waals surface area (Å²) in [5.41, 5.74) is 0.666. The number of hydrogen-bond donors (Lipinski definition) is 1. The fourth-order valence-electron chi connectivity index (χ4n) is 2.08. The second-order valence-electron chi connectivity index (χ2n) is 4.94. The van der Waals surface area contributed by atoms with Gasteiger partial charge in [-0.3, -0.25) is 14.1 Å². The van der Waals surface area contributed by atoms with Crippen molar-refractivity contribution in [3.63, 3.8) is 0 Å². The lowest BCUT2D eigenvalue weighted by Crippen LogP contribution is -2.45. The number of aromatic nitrogens is 1. The standard InChI is InChI=1S/C15H16FN3O3S/c1-11(15(20)18-13-4-3-9-17-10-13)19(23(2,21)22)14-7-5-12(16)6-8-14/h3-11H,1-2H3,(H,18,20). The van der Waals surface area contributed by atoms with Crippen molar-refractivity contribution in [3.05, 3.63) is 54.6 Å². The summed E-state index contributed by atoms with van der Waals surface area (Å²) in [5.74, 6) is -1.01. The average Bonchev–Trinajstić information content (AvgIpc) is 2.49. The monoisotopic (exact) mass is 337 g/mol. The number of benzene rings is 1. The first kappa shape index (κ1) is 16.9. The minimum Gasteiger partial charge on any atom is -0.323 e. The molecule has 122 valence electrons. The van der Waals surface area contributed by atoms with Gasteiger partial charge in [0.15, 0.2) is 0 Å². The molecule has 1 amide bonds. The maximum Gasteiger partial charge on any atom is 0.248 e. The quantitative estimate of drug-likeness (QED) is 0.905. The number of amides is 1. The minimum atomic E-state index is -3.73. The van der Waals surface area contributed by atoms with E-state index in [1.54, 1.807) is 18.3 Å². The van der Waals surface area contributed by atoms with Gasteiger partial charge in [0.1, 0.15) is 11.9 Å². The van der Waals surface area contributed by atoms with E-state index in [0.717, 1.165) is 22.7 Å². The fraction of sp³-hybridized carbons (Fsp3) is 0.200. The zero-order valence-electron chi connectivity index (χ0n) is 12.6. The molecule has 1 aromatic heterocycles. The Balaban J connectivity index is 2.28. The van der Waals surface area contributed by atoms with Crippen LogP contribution in [0.5, 0.6) is 0 Å². The predicted octanol–water partition coefficient (Wildman–Crippen LogP) is 2.01. The Morgan fingerprint density at radius 3 is 2.43 bits per heavy atom. The van der Waals surface area contributed by atoms with Gasteiger partial charge in [0.2, 0.25) is 15.9 Å². The highest BCUT2D eigenvalue weighted by atomic mass is 32.2. The van der Waals surface area contributed by atoms with Crippen molar-refractivity contribution in [1.29, 1.82) is 0 Å². The van der Waals surface area contributed by atoms with Gasteiger partial charge >= 0.3 is 0 Å². The van der Waals surface area contributed by atoms with Crippen molar-refractivity contribution in [1.82, 2.24) is 4.98 Å². The van der Waals surface area contributed by atoms with Crippen molar-refractivity contribution in [2.75, 3.05) is 15.9 Å². The van der Waals surface area contributed by atoms with Gasteiger partial charge in [0, 0.05) is 6.20 Å². The first-order valence-electron chi connectivity index (χ1n) is 6.75. The number of carbonyl (C=O) groups is 1. The molecule has 1 heterocycles. The number of anilines is 2. The summed E-state index contributed by atoms with van der Waals surface area (Å²) in [6.07, 6.45) is 4.00. The molecule has 2 rings (SSSR count). The van der Waals surface area contributed by atoms with Crippen LogP contribution in [0.2, 0.25) is 0 Å². The Kier molecular flexibility index (Phi) is 4.95. The molecule has 0 fully saturated rings. The molecule has 2 aromatic rings. The Morgan fingerprint density at radius 2 is 1.91 bits per heavy atom. The first-order valence-corrected chi connectivity index (χ1v) is 8.60. The summed E-state index contributed by atoms with van der Waals surface area (Å²) in [7, 11) is -3.73. The lowest BCUT2D eigenvalue weighted by Gasteiger charge is -2.28. The molecule has 6 nitrogen and oxygen atoms in total. The molecule has 0 aliphatic heterocycles. The lowest BCUT2D eigenvalue weighted by molar-refractivity contribution is -0.116. The highest BCUT2D eigenvalue weighted by molar-refractivity contribution is 7.92. The highest BCUT2D eigenvalue weighted by Crippen LogP contribution is 2.21. The Labute approximate surface area is 134 Å². The number of nitrogens with zero attached hydrogens (tertiary/aromatic N) is 2.